The van der Waals surface area contributed by atoms with Gasteiger partial charge in [0.25, 0.3) is 5.69 Å². The quantitative estimate of drug-likeness (QED) is 0.667. The lowest BCUT2D eigenvalue weighted by Gasteiger charge is -2.25. The summed E-state index contributed by atoms with van der Waals surface area (Å²) >= 11 is 3.40. The van der Waals surface area contributed by atoms with E-state index in [0.717, 1.165) is 16.5 Å². The molecule has 0 bridgehead atoms. The topological polar surface area (TPSA) is 69.2 Å². The van der Waals surface area contributed by atoms with Crippen LogP contribution in [0.2, 0.25) is 0 Å². The number of nitrogens with two attached hydrogens (primary N) is 1. The van der Waals surface area contributed by atoms with Crippen LogP contribution in [0, 0.1) is 22.0 Å². The van der Waals surface area contributed by atoms with Crippen molar-refractivity contribution in [2.75, 3.05) is 0 Å². The molecule has 0 aliphatic rings. The molecule has 0 saturated heterocycles. The van der Waals surface area contributed by atoms with E-state index in [-0.39, 0.29) is 16.7 Å². The third kappa shape index (κ3) is 3.78. The zero-order valence-corrected chi connectivity index (χ0v) is 12.5. The monoisotopic (exact) mass is 314 g/mol. The third-order valence-electron chi connectivity index (χ3n) is 3.23. The molecule has 0 fully saturated rings. The van der Waals surface area contributed by atoms with Crippen LogP contribution in [-0.4, -0.2) is 11.0 Å². The van der Waals surface area contributed by atoms with E-state index in [2.05, 4.69) is 29.8 Å². The van der Waals surface area contributed by atoms with Crippen LogP contribution in [0.5, 0.6) is 0 Å². The predicted molar refractivity (Wildman–Crippen MR) is 76.5 cm³/mol. The molecule has 2 N–H and O–H groups in total. The Morgan fingerprint density at radius 2 is 2.00 bits per heavy atom. The fraction of sp³-hybridized carbons (Fsp3) is 0.538. The number of benzene rings is 1. The summed E-state index contributed by atoms with van der Waals surface area (Å²) < 4.78 is 0.781. The van der Waals surface area contributed by atoms with Crippen LogP contribution >= 0.6 is 15.9 Å². The summed E-state index contributed by atoms with van der Waals surface area (Å²) in [5.41, 5.74) is 7.16. The molecule has 0 aromatic heterocycles. The van der Waals surface area contributed by atoms with Gasteiger partial charge in [0.2, 0.25) is 0 Å². The Morgan fingerprint density at radius 3 is 2.39 bits per heavy atom. The Labute approximate surface area is 116 Å². The highest BCUT2D eigenvalue weighted by atomic mass is 79.9. The average Bonchev–Trinajstić information content (AvgIpc) is 2.25. The molecule has 2 atom stereocenters. The molecule has 1 rings (SSSR count). The second-order valence-corrected chi connectivity index (χ2v) is 5.86. The maximum atomic E-state index is 10.7. The highest BCUT2D eigenvalue weighted by molar-refractivity contribution is 9.10. The maximum absolute atomic E-state index is 10.7. The number of hydrogen-bond donors (Lipinski definition) is 1. The first kappa shape index (κ1) is 15.1. The standard InChI is InChI=1S/C13H19BrN2O2/c1-8(2)12(9(3)15)6-10-4-5-11(16(17)18)7-13(10)14/h4-5,7-9,12H,6,15H2,1-3H3. The van der Waals surface area contributed by atoms with Gasteiger partial charge in [-0.05, 0) is 30.7 Å². The van der Waals surface area contributed by atoms with Crippen molar-refractivity contribution in [2.45, 2.75) is 33.2 Å². The van der Waals surface area contributed by atoms with Crippen LogP contribution in [0.1, 0.15) is 26.3 Å². The van der Waals surface area contributed by atoms with Crippen molar-refractivity contribution in [2.24, 2.45) is 17.6 Å². The third-order valence-corrected chi connectivity index (χ3v) is 3.97. The van der Waals surface area contributed by atoms with Crippen molar-refractivity contribution in [3.63, 3.8) is 0 Å². The summed E-state index contributed by atoms with van der Waals surface area (Å²) in [7, 11) is 0. The second kappa shape index (κ2) is 6.29. The van der Waals surface area contributed by atoms with Gasteiger partial charge in [-0.15, -0.1) is 0 Å². The first-order valence-corrected chi connectivity index (χ1v) is 6.80. The van der Waals surface area contributed by atoms with Crippen molar-refractivity contribution >= 4 is 21.6 Å². The zero-order valence-electron chi connectivity index (χ0n) is 10.9. The summed E-state index contributed by atoms with van der Waals surface area (Å²) in [6, 6.07) is 5.00. The Hall–Kier alpha value is -0.940. The van der Waals surface area contributed by atoms with Gasteiger partial charge in [-0.3, -0.25) is 10.1 Å². The minimum Gasteiger partial charge on any atom is -0.328 e. The number of nitro benzene ring substituents is 1. The van der Waals surface area contributed by atoms with Gasteiger partial charge < -0.3 is 5.73 Å². The van der Waals surface area contributed by atoms with Crippen molar-refractivity contribution in [1.29, 1.82) is 0 Å². The highest BCUT2D eigenvalue weighted by Gasteiger charge is 2.20. The minimum atomic E-state index is -0.389. The number of hydrogen-bond acceptors (Lipinski definition) is 3. The largest absolute Gasteiger partial charge is 0.328 e. The number of nitro groups is 1. The molecule has 0 amide bonds. The Morgan fingerprint density at radius 1 is 1.39 bits per heavy atom. The van der Waals surface area contributed by atoms with E-state index in [1.807, 2.05) is 6.92 Å². The maximum Gasteiger partial charge on any atom is 0.270 e. The molecule has 4 nitrogen and oxygen atoms in total. The van der Waals surface area contributed by atoms with Gasteiger partial charge >= 0.3 is 0 Å². The molecule has 18 heavy (non-hydrogen) atoms. The Bertz CT molecular complexity index is 425. The number of non-ortho nitro benzene ring substituents is 1. The molecule has 0 radical (unpaired) electrons. The van der Waals surface area contributed by atoms with Gasteiger partial charge in [0.15, 0.2) is 0 Å². The zero-order chi connectivity index (χ0) is 13.9. The van der Waals surface area contributed by atoms with Crippen molar-refractivity contribution < 1.29 is 4.92 Å². The Kier molecular flexibility index (Phi) is 5.28. The lowest BCUT2D eigenvalue weighted by Crippen LogP contribution is -2.32. The normalized spacial score (nSPS) is 14.6. The number of halogens is 1. The van der Waals surface area contributed by atoms with Crippen LogP contribution in [-0.2, 0) is 6.42 Å². The highest BCUT2D eigenvalue weighted by Crippen LogP contribution is 2.28. The molecule has 0 saturated carbocycles. The first-order chi connectivity index (χ1) is 8.32. The van der Waals surface area contributed by atoms with Crippen molar-refractivity contribution in [3.05, 3.63) is 38.3 Å². The van der Waals surface area contributed by atoms with Crippen molar-refractivity contribution in [1.82, 2.24) is 0 Å². The van der Waals surface area contributed by atoms with Gasteiger partial charge in [0, 0.05) is 22.6 Å². The predicted octanol–water partition coefficient (Wildman–Crippen LogP) is 3.52. The summed E-state index contributed by atoms with van der Waals surface area (Å²) in [5, 5.41) is 10.7. The second-order valence-electron chi connectivity index (χ2n) is 5.00. The van der Waals surface area contributed by atoms with Crippen LogP contribution in [0.3, 0.4) is 0 Å². The molecule has 5 heteroatoms. The summed E-state index contributed by atoms with van der Waals surface area (Å²) in [6.45, 7) is 6.30. The summed E-state index contributed by atoms with van der Waals surface area (Å²) in [6.07, 6.45) is 0.827. The summed E-state index contributed by atoms with van der Waals surface area (Å²) in [4.78, 5) is 10.3. The van der Waals surface area contributed by atoms with E-state index in [9.17, 15) is 10.1 Å². The van der Waals surface area contributed by atoms with E-state index in [1.54, 1.807) is 18.2 Å². The fourth-order valence-corrected chi connectivity index (χ4v) is 2.63. The number of nitrogens with zero attached hydrogens (tertiary/aromatic N) is 1. The first-order valence-electron chi connectivity index (χ1n) is 6.01. The smallest absolute Gasteiger partial charge is 0.270 e. The van der Waals surface area contributed by atoms with Crippen LogP contribution < -0.4 is 5.73 Å². The molecule has 0 heterocycles. The van der Waals surface area contributed by atoms with Crippen LogP contribution in [0.25, 0.3) is 0 Å². The number of rotatable bonds is 5. The fourth-order valence-electron chi connectivity index (χ4n) is 2.10. The van der Waals surface area contributed by atoms with E-state index < -0.39 is 0 Å². The van der Waals surface area contributed by atoms with E-state index in [4.69, 9.17) is 5.73 Å². The van der Waals surface area contributed by atoms with E-state index >= 15 is 0 Å². The Balaban J connectivity index is 2.94. The molecule has 0 aliphatic heterocycles. The van der Waals surface area contributed by atoms with Gasteiger partial charge in [0.1, 0.15) is 0 Å². The lowest BCUT2D eigenvalue weighted by atomic mass is 9.84. The lowest BCUT2D eigenvalue weighted by molar-refractivity contribution is -0.384. The van der Waals surface area contributed by atoms with Gasteiger partial charge in [-0.1, -0.05) is 35.8 Å². The van der Waals surface area contributed by atoms with Crippen LogP contribution in [0.4, 0.5) is 5.69 Å². The van der Waals surface area contributed by atoms with E-state index in [1.165, 1.54) is 0 Å². The molecule has 1 aromatic rings. The average molecular weight is 315 g/mol. The van der Waals surface area contributed by atoms with E-state index in [0.29, 0.717) is 11.8 Å². The molecular weight excluding hydrogens is 296 g/mol. The molecule has 2 unspecified atom stereocenters. The van der Waals surface area contributed by atoms with Crippen LogP contribution in [0.15, 0.2) is 22.7 Å². The molecule has 0 aliphatic carbocycles. The SMILES string of the molecule is CC(C)C(Cc1ccc([N+](=O)[O-])cc1Br)C(C)N. The molecule has 100 valence electrons. The molecular formula is C13H19BrN2O2. The van der Waals surface area contributed by atoms with Crippen molar-refractivity contribution in [3.8, 4) is 0 Å². The van der Waals surface area contributed by atoms with Gasteiger partial charge in [-0.2, -0.15) is 0 Å². The van der Waals surface area contributed by atoms with Gasteiger partial charge in [-0.25, -0.2) is 0 Å². The minimum absolute atomic E-state index is 0.104. The molecule has 0 spiro atoms. The molecule has 1 aromatic carbocycles. The summed E-state index contributed by atoms with van der Waals surface area (Å²) in [5.74, 6) is 0.842. The van der Waals surface area contributed by atoms with Gasteiger partial charge in [0.05, 0.1) is 4.92 Å².